The monoisotopic (exact) mass is 660 g/mol. The minimum absolute atomic E-state index is 0.0638. The fourth-order valence-electron chi connectivity index (χ4n) is 8.05. The number of phenolic OH excluding ortho intramolecular Hbond substituents is 4. The van der Waals surface area contributed by atoms with E-state index >= 15 is 0 Å². The van der Waals surface area contributed by atoms with Gasteiger partial charge in [0, 0.05) is 80.3 Å². The smallest absolute Gasteiger partial charge is 0.270 e. The Morgan fingerprint density at radius 1 is 0.720 bits per heavy atom. The van der Waals surface area contributed by atoms with Gasteiger partial charge < -0.3 is 35.3 Å². The molecule has 0 aromatic heterocycles. The molecule has 0 unspecified atom stereocenters. The van der Waals surface area contributed by atoms with Gasteiger partial charge in [0.05, 0.1) is 36.1 Å². The Bertz CT molecular complexity index is 2570. The molecule has 10 heteroatoms. The van der Waals surface area contributed by atoms with Gasteiger partial charge >= 0.3 is 0 Å². The second kappa shape index (κ2) is 10.5. The van der Waals surface area contributed by atoms with Gasteiger partial charge in [0.25, 0.3) is 5.70 Å². The van der Waals surface area contributed by atoms with E-state index in [-0.39, 0.29) is 62.3 Å². The molecule has 0 atom stereocenters. The Hall–Kier alpha value is -6.91. The lowest BCUT2D eigenvalue weighted by molar-refractivity contribution is -0.463. The summed E-state index contributed by atoms with van der Waals surface area (Å²) < 4.78 is 1.87. The van der Waals surface area contributed by atoms with Gasteiger partial charge in [0.15, 0.2) is 0 Å². The number of phenols is 4. The van der Waals surface area contributed by atoms with E-state index in [9.17, 15) is 30.8 Å². The third-order valence-corrected chi connectivity index (χ3v) is 9.88. The number of fused-ring (bicyclic) bond motifs is 4. The van der Waals surface area contributed by atoms with Crippen molar-refractivity contribution in [1.82, 2.24) is 0 Å². The zero-order valence-corrected chi connectivity index (χ0v) is 27.5. The zero-order valence-electron chi connectivity index (χ0n) is 27.5. The molecule has 3 aliphatic rings. The third-order valence-electron chi connectivity index (χ3n) is 9.88. The van der Waals surface area contributed by atoms with Crippen LogP contribution in [-0.2, 0) is 0 Å². The molecule has 5 N–H and O–H groups in total. The van der Waals surface area contributed by atoms with Gasteiger partial charge in [0.2, 0.25) is 5.71 Å². The predicted molar refractivity (Wildman–Crippen MR) is 193 cm³/mol. The fraction of sp³-hybridized carbons (Fsp3) is 0.125. The lowest BCUT2D eigenvalue weighted by atomic mass is 9.68. The van der Waals surface area contributed by atoms with Crippen LogP contribution in [0.2, 0.25) is 0 Å². The molecule has 244 valence electrons. The molecule has 8 rings (SSSR count). The number of rotatable bonds is 1. The summed E-state index contributed by atoms with van der Waals surface area (Å²) in [5.41, 5.74) is 4.49. The molecule has 5 aromatic carbocycles. The number of hydrogen-bond donors (Lipinski definition) is 5. The highest BCUT2D eigenvalue weighted by Crippen LogP contribution is 2.60. The van der Waals surface area contributed by atoms with Crippen molar-refractivity contribution in [3.8, 4) is 29.1 Å². The molecule has 10 nitrogen and oxygen atoms in total. The van der Waals surface area contributed by atoms with E-state index in [2.05, 4.69) is 4.85 Å². The number of benzene rings is 5. The summed E-state index contributed by atoms with van der Waals surface area (Å²) in [5.74, 6) is -0.832. The van der Waals surface area contributed by atoms with Crippen LogP contribution in [0.1, 0.15) is 27.8 Å². The number of aliphatic hydroxyl groups is 1. The van der Waals surface area contributed by atoms with E-state index < -0.39 is 0 Å². The van der Waals surface area contributed by atoms with Crippen molar-refractivity contribution in [2.75, 3.05) is 44.7 Å². The SMILES string of the molecule is [C-]#[N+]/C(C#N)=C1\C(=C2c3c(O)cccc3C(=[N+](C)C)c3cccc(O)c32)C(O)=C1c1c2c(O)cccc2c2c3c(ccc(O)c13)N(C)CN2C. The molecule has 2 aliphatic carbocycles. The van der Waals surface area contributed by atoms with E-state index in [1.54, 1.807) is 24.3 Å². The van der Waals surface area contributed by atoms with Crippen LogP contribution in [0.5, 0.6) is 23.0 Å². The number of aromatic hydroxyl groups is 4. The zero-order chi connectivity index (χ0) is 35.3. The Balaban J connectivity index is 1.62. The van der Waals surface area contributed by atoms with Crippen LogP contribution in [-0.4, -0.2) is 70.7 Å². The van der Waals surface area contributed by atoms with Crippen molar-refractivity contribution in [3.63, 3.8) is 0 Å². The van der Waals surface area contributed by atoms with E-state index in [0.29, 0.717) is 56.2 Å². The van der Waals surface area contributed by atoms with Gasteiger partial charge in [-0.2, -0.15) is 0 Å². The molecule has 0 saturated carbocycles. The highest BCUT2D eigenvalue weighted by Gasteiger charge is 2.44. The van der Waals surface area contributed by atoms with Crippen molar-refractivity contribution in [3.05, 3.63) is 129 Å². The van der Waals surface area contributed by atoms with Gasteiger partial charge in [-0.25, -0.2) is 14.7 Å². The van der Waals surface area contributed by atoms with E-state index in [4.69, 9.17) is 6.57 Å². The molecule has 1 heterocycles. The average molecular weight is 661 g/mol. The van der Waals surface area contributed by atoms with Gasteiger partial charge in [-0.3, -0.25) is 0 Å². The first-order chi connectivity index (χ1) is 24.0. The number of nitriles is 1. The van der Waals surface area contributed by atoms with Crippen LogP contribution in [0.25, 0.3) is 37.5 Å². The Labute approximate surface area is 287 Å². The predicted octanol–water partition coefficient (Wildman–Crippen LogP) is 6.56. The van der Waals surface area contributed by atoms with Gasteiger partial charge in [-0.05, 0) is 42.5 Å². The minimum atomic E-state index is -0.352. The van der Waals surface area contributed by atoms with E-state index in [1.165, 1.54) is 18.2 Å². The number of anilines is 2. The van der Waals surface area contributed by atoms with Crippen LogP contribution in [0.15, 0.2) is 89.3 Å². The molecule has 0 spiro atoms. The van der Waals surface area contributed by atoms with Crippen molar-refractivity contribution in [2.24, 2.45) is 0 Å². The molecular weight excluding hydrogens is 630 g/mol. The van der Waals surface area contributed by atoms with E-state index in [1.807, 2.05) is 72.9 Å². The molecule has 0 saturated heterocycles. The Morgan fingerprint density at radius 2 is 1.32 bits per heavy atom. The van der Waals surface area contributed by atoms with E-state index in [0.717, 1.165) is 11.4 Å². The first kappa shape index (κ1) is 30.4. The molecule has 0 amide bonds. The fourth-order valence-corrected chi connectivity index (χ4v) is 8.05. The summed E-state index contributed by atoms with van der Waals surface area (Å²) in [5, 5.41) is 70.9. The molecule has 0 fully saturated rings. The number of nitrogens with zero attached hydrogens (tertiary/aromatic N) is 5. The first-order valence-electron chi connectivity index (χ1n) is 15.8. The van der Waals surface area contributed by atoms with Crippen molar-refractivity contribution in [1.29, 1.82) is 5.26 Å². The topological polar surface area (TPSA) is 139 Å². The molecule has 0 radical (unpaired) electrons. The average Bonchev–Trinajstić information content (AvgIpc) is 3.07. The van der Waals surface area contributed by atoms with Crippen LogP contribution >= 0.6 is 0 Å². The van der Waals surface area contributed by atoms with Gasteiger partial charge in [0.1, 0.15) is 42.9 Å². The molecular formula is C40H30N5O5+. The highest BCUT2D eigenvalue weighted by atomic mass is 16.3. The normalized spacial score (nSPS) is 15.8. The largest absolute Gasteiger partial charge is 0.507 e. The van der Waals surface area contributed by atoms with Crippen LogP contribution in [0.3, 0.4) is 0 Å². The van der Waals surface area contributed by atoms with Crippen molar-refractivity contribution in [2.45, 2.75) is 0 Å². The van der Waals surface area contributed by atoms with Crippen LogP contribution in [0.4, 0.5) is 11.4 Å². The molecule has 1 aliphatic heterocycles. The lowest BCUT2D eigenvalue weighted by Crippen LogP contribution is -2.36. The molecule has 5 aromatic rings. The lowest BCUT2D eigenvalue weighted by Gasteiger charge is -2.38. The molecule has 50 heavy (non-hydrogen) atoms. The second-order valence-corrected chi connectivity index (χ2v) is 12.9. The summed E-state index contributed by atoms with van der Waals surface area (Å²) in [6, 6.07) is 20.5. The van der Waals surface area contributed by atoms with Crippen molar-refractivity contribution < 1.29 is 30.1 Å². The standard InChI is InChI=1S/C40H29N5O5/c1-42-22(17-41)31-36(34-28-19(9-6-12-24(28)46)38(43(2)3)20-10-7-13-25(47)29(20)34)40(50)37(31)35-30-21(11-8-14-26(30)48)39-32-23(44(4)18-45(39)5)15-16-27(49)33(32)35/h6-16H,18H2,2-5H3,(H4-,46,47,48,49,50)/p+1/b31-22+. The summed E-state index contributed by atoms with van der Waals surface area (Å²) in [6.07, 6.45) is 0. The Morgan fingerprint density at radius 3 is 1.92 bits per heavy atom. The Kier molecular flexibility index (Phi) is 6.42. The minimum Gasteiger partial charge on any atom is -0.507 e. The molecule has 0 bridgehead atoms. The number of aliphatic hydroxyl groups excluding tert-OH is 1. The summed E-state index contributed by atoms with van der Waals surface area (Å²) in [4.78, 5) is 7.62. The maximum Gasteiger partial charge on any atom is 0.270 e. The van der Waals surface area contributed by atoms with Crippen molar-refractivity contribution >= 4 is 49.8 Å². The number of allylic oxidation sites excluding steroid dienone is 3. The van der Waals surface area contributed by atoms with Crippen LogP contribution in [0, 0.1) is 17.9 Å². The summed E-state index contributed by atoms with van der Waals surface area (Å²) in [6.45, 7) is 8.61. The maximum atomic E-state index is 12.4. The second-order valence-electron chi connectivity index (χ2n) is 12.9. The van der Waals surface area contributed by atoms with Gasteiger partial charge in [-0.1, -0.05) is 24.3 Å². The number of hydrogen-bond acceptors (Lipinski definition) is 8. The summed E-state index contributed by atoms with van der Waals surface area (Å²) in [7, 11) is 7.54. The van der Waals surface area contributed by atoms with Crippen LogP contribution < -0.4 is 9.80 Å². The van der Waals surface area contributed by atoms with Gasteiger partial charge in [-0.15, -0.1) is 0 Å². The third kappa shape index (κ3) is 3.79. The highest BCUT2D eigenvalue weighted by molar-refractivity contribution is 6.29. The summed E-state index contributed by atoms with van der Waals surface area (Å²) >= 11 is 0. The quantitative estimate of drug-likeness (QED) is 0.0579. The first-order valence-corrected chi connectivity index (χ1v) is 15.8. The maximum absolute atomic E-state index is 12.4.